The van der Waals surface area contributed by atoms with E-state index < -0.39 is 11.5 Å². The number of aromatic amines is 1. The molecule has 0 spiro atoms. The summed E-state index contributed by atoms with van der Waals surface area (Å²) in [6.45, 7) is 14.0. The number of hydrogen-bond acceptors (Lipinski definition) is 3. The third-order valence-electron chi connectivity index (χ3n) is 9.27. The molecular formula is C31H44N4O3. The number of nitrogens with one attached hydrogen (secondary N) is 2. The van der Waals surface area contributed by atoms with Crippen molar-refractivity contribution in [2.24, 2.45) is 22.7 Å². The molecule has 2 aliphatic heterocycles. The average molecular weight is 521 g/mol. The Kier molecular flexibility index (Phi) is 6.85. The van der Waals surface area contributed by atoms with E-state index in [-0.39, 0.29) is 35.7 Å². The molecule has 7 nitrogen and oxygen atoms in total. The van der Waals surface area contributed by atoms with Gasteiger partial charge >= 0.3 is 0 Å². The van der Waals surface area contributed by atoms with Crippen LogP contribution in [-0.2, 0) is 9.59 Å². The number of hydrogen-bond donors (Lipinski definition) is 2. The number of para-hydroxylation sites is 1. The lowest BCUT2D eigenvalue weighted by atomic mass is 9.69. The minimum absolute atomic E-state index is 0.0252. The van der Waals surface area contributed by atoms with Gasteiger partial charge in [-0.25, -0.2) is 0 Å². The zero-order chi connectivity index (χ0) is 27.4. The van der Waals surface area contributed by atoms with Crippen LogP contribution >= 0.6 is 0 Å². The van der Waals surface area contributed by atoms with Gasteiger partial charge in [0.1, 0.15) is 11.7 Å². The molecule has 3 unspecified atom stereocenters. The highest BCUT2D eigenvalue weighted by atomic mass is 16.2. The van der Waals surface area contributed by atoms with Crippen molar-refractivity contribution in [3.8, 4) is 0 Å². The highest BCUT2D eigenvalue weighted by Gasteiger charge is 2.50. The average Bonchev–Trinajstić information content (AvgIpc) is 3.59. The predicted octanol–water partition coefficient (Wildman–Crippen LogP) is 4.98. The second-order valence-corrected chi connectivity index (χ2v) is 14.0. The lowest BCUT2D eigenvalue weighted by molar-refractivity contribution is -0.145. The Morgan fingerprint density at radius 2 is 1.55 bits per heavy atom. The molecule has 3 amide bonds. The highest BCUT2D eigenvalue weighted by molar-refractivity contribution is 6.00. The molecule has 2 N–H and O–H groups in total. The van der Waals surface area contributed by atoms with E-state index in [1.165, 1.54) is 0 Å². The fourth-order valence-electron chi connectivity index (χ4n) is 6.87. The lowest BCUT2D eigenvalue weighted by Crippen LogP contribution is -2.59. The summed E-state index contributed by atoms with van der Waals surface area (Å²) in [5.74, 6) is 0.767. The fraction of sp³-hybridized carbons (Fsp3) is 0.645. The monoisotopic (exact) mass is 520 g/mol. The molecule has 3 fully saturated rings. The van der Waals surface area contributed by atoms with E-state index in [4.69, 9.17) is 0 Å². The number of rotatable bonds is 4. The van der Waals surface area contributed by atoms with Crippen molar-refractivity contribution in [3.05, 3.63) is 36.0 Å². The number of amides is 3. The summed E-state index contributed by atoms with van der Waals surface area (Å²) in [5, 5.41) is 3.99. The van der Waals surface area contributed by atoms with E-state index >= 15 is 0 Å². The minimum Gasteiger partial charge on any atom is -0.351 e. The zero-order valence-electron chi connectivity index (χ0n) is 23.8. The molecule has 3 aliphatic rings. The molecule has 1 aliphatic carbocycles. The van der Waals surface area contributed by atoms with Gasteiger partial charge in [0.15, 0.2) is 0 Å². The van der Waals surface area contributed by atoms with Crippen LogP contribution in [0.3, 0.4) is 0 Å². The summed E-state index contributed by atoms with van der Waals surface area (Å²) in [7, 11) is 0. The fourth-order valence-corrected chi connectivity index (χ4v) is 6.87. The molecule has 0 radical (unpaired) electrons. The number of aromatic nitrogens is 1. The van der Waals surface area contributed by atoms with Crippen LogP contribution in [0.1, 0.15) is 84.1 Å². The van der Waals surface area contributed by atoms with E-state index in [0.29, 0.717) is 30.1 Å². The van der Waals surface area contributed by atoms with Gasteiger partial charge in [0.25, 0.3) is 5.91 Å². The maximum absolute atomic E-state index is 13.8. The van der Waals surface area contributed by atoms with Gasteiger partial charge in [-0.1, -0.05) is 59.7 Å². The largest absolute Gasteiger partial charge is 0.351 e. The van der Waals surface area contributed by atoms with E-state index in [1.54, 1.807) is 0 Å². The molecule has 2 aromatic rings. The van der Waals surface area contributed by atoms with Crippen LogP contribution in [0.5, 0.6) is 0 Å². The maximum atomic E-state index is 13.8. The molecule has 2 bridgehead atoms. The quantitative estimate of drug-likeness (QED) is 0.597. The van der Waals surface area contributed by atoms with Crippen molar-refractivity contribution in [3.63, 3.8) is 0 Å². The van der Waals surface area contributed by atoms with Gasteiger partial charge in [0, 0.05) is 29.9 Å². The molecule has 206 valence electrons. The number of piperazine rings is 1. The van der Waals surface area contributed by atoms with E-state index in [2.05, 4.69) is 36.0 Å². The normalized spacial score (nSPS) is 26.6. The molecule has 5 rings (SSSR count). The lowest BCUT2D eigenvalue weighted by Gasteiger charge is -2.41. The van der Waals surface area contributed by atoms with Gasteiger partial charge in [-0.05, 0) is 61.0 Å². The summed E-state index contributed by atoms with van der Waals surface area (Å²) in [6.07, 6.45) is 5.03. The molecule has 7 heteroatoms. The summed E-state index contributed by atoms with van der Waals surface area (Å²) >= 11 is 0. The molecule has 1 aromatic heterocycles. The number of H-pyrrole nitrogens is 1. The maximum Gasteiger partial charge on any atom is 0.268 e. The van der Waals surface area contributed by atoms with Crippen molar-refractivity contribution in [1.82, 2.24) is 20.1 Å². The van der Waals surface area contributed by atoms with Gasteiger partial charge in [-0.2, -0.15) is 0 Å². The third-order valence-corrected chi connectivity index (χ3v) is 9.27. The van der Waals surface area contributed by atoms with Crippen LogP contribution in [0.2, 0.25) is 0 Å². The Hall–Kier alpha value is -2.83. The first-order valence-corrected chi connectivity index (χ1v) is 14.3. The summed E-state index contributed by atoms with van der Waals surface area (Å²) in [6, 6.07) is 9.03. The van der Waals surface area contributed by atoms with Gasteiger partial charge in [0.2, 0.25) is 11.8 Å². The SMILES string of the molecule is CC(C)(C)C1CCC(C(=O)N2CC3CC2CN3C(=O)C(NC(=O)c2cc3ccccc3[nH]2)C(C)(C)C)CC1. The predicted molar refractivity (Wildman–Crippen MR) is 150 cm³/mol. The van der Waals surface area contributed by atoms with Crippen molar-refractivity contribution in [2.45, 2.75) is 91.8 Å². The molecule has 1 aromatic carbocycles. The van der Waals surface area contributed by atoms with Crippen LogP contribution in [0.25, 0.3) is 10.9 Å². The number of fused-ring (bicyclic) bond motifs is 3. The number of nitrogens with zero attached hydrogens (tertiary/aromatic N) is 2. The smallest absolute Gasteiger partial charge is 0.268 e. The van der Waals surface area contributed by atoms with Gasteiger partial charge < -0.3 is 20.1 Å². The van der Waals surface area contributed by atoms with Crippen LogP contribution in [0.4, 0.5) is 0 Å². The van der Waals surface area contributed by atoms with Crippen molar-refractivity contribution in [1.29, 1.82) is 0 Å². The van der Waals surface area contributed by atoms with Crippen LogP contribution < -0.4 is 5.32 Å². The first-order chi connectivity index (χ1) is 17.8. The second-order valence-electron chi connectivity index (χ2n) is 14.0. The Bertz CT molecular complexity index is 1180. The first kappa shape index (κ1) is 26.8. The molecule has 38 heavy (non-hydrogen) atoms. The standard InChI is InChI=1S/C31H44N4O3/c1-30(2,3)21-13-11-19(12-14-21)28(37)34-17-23-16-22(34)18-35(23)29(38)26(31(4,5)6)33-27(36)25-15-20-9-7-8-10-24(20)32-25/h7-10,15,19,21-23,26,32H,11-14,16-18H2,1-6H3,(H,33,36). The van der Waals surface area contributed by atoms with Gasteiger partial charge in [-0.15, -0.1) is 0 Å². The summed E-state index contributed by atoms with van der Waals surface area (Å²) < 4.78 is 0. The van der Waals surface area contributed by atoms with Crippen molar-refractivity contribution in [2.75, 3.05) is 13.1 Å². The van der Waals surface area contributed by atoms with E-state index in [1.807, 2.05) is 56.0 Å². The summed E-state index contributed by atoms with van der Waals surface area (Å²) in [4.78, 5) is 47.6. The van der Waals surface area contributed by atoms with Crippen LogP contribution in [0, 0.1) is 22.7 Å². The van der Waals surface area contributed by atoms with Gasteiger partial charge in [-0.3, -0.25) is 14.4 Å². The van der Waals surface area contributed by atoms with Gasteiger partial charge in [0.05, 0.1) is 12.1 Å². The van der Waals surface area contributed by atoms with E-state index in [0.717, 1.165) is 43.0 Å². The molecule has 2 saturated heterocycles. The Balaban J connectivity index is 1.22. The molecule has 1 saturated carbocycles. The number of carbonyl (C=O) groups is 3. The Morgan fingerprint density at radius 3 is 2.13 bits per heavy atom. The molecule has 3 heterocycles. The Labute approximate surface area is 226 Å². The van der Waals surface area contributed by atoms with Crippen molar-refractivity contribution >= 4 is 28.6 Å². The molecular weight excluding hydrogens is 476 g/mol. The third kappa shape index (κ3) is 5.08. The topological polar surface area (TPSA) is 85.5 Å². The summed E-state index contributed by atoms with van der Waals surface area (Å²) in [5.41, 5.74) is 1.19. The van der Waals surface area contributed by atoms with Crippen molar-refractivity contribution < 1.29 is 14.4 Å². The first-order valence-electron chi connectivity index (χ1n) is 14.3. The highest BCUT2D eigenvalue weighted by Crippen LogP contribution is 2.42. The number of benzene rings is 1. The van der Waals surface area contributed by atoms with E-state index in [9.17, 15) is 14.4 Å². The second kappa shape index (κ2) is 9.73. The van der Waals surface area contributed by atoms with Crippen LogP contribution in [0.15, 0.2) is 30.3 Å². The number of likely N-dealkylation sites (tertiary alicyclic amines) is 2. The number of carbonyl (C=O) groups excluding carboxylic acids is 3. The Morgan fingerprint density at radius 1 is 0.921 bits per heavy atom. The zero-order valence-corrected chi connectivity index (χ0v) is 23.8. The van der Waals surface area contributed by atoms with Crippen LogP contribution in [-0.4, -0.2) is 63.7 Å². The molecule has 3 atom stereocenters. The minimum atomic E-state index is -0.655.